The number of hydrogen-bond acceptors (Lipinski definition) is 6. The maximum absolute atomic E-state index is 15.3. The van der Waals surface area contributed by atoms with Crippen LogP contribution < -0.4 is 5.32 Å². The molecule has 2 aliphatic carbocycles. The van der Waals surface area contributed by atoms with E-state index in [-0.39, 0.29) is 24.4 Å². The molecule has 0 bridgehead atoms. The molecule has 1 aromatic heterocycles. The molecule has 5 rings (SSSR count). The predicted octanol–water partition coefficient (Wildman–Crippen LogP) is 3.93. The average Bonchev–Trinajstić information content (AvgIpc) is 3.36. The van der Waals surface area contributed by atoms with Crippen molar-refractivity contribution < 1.29 is 22.5 Å². The molecule has 208 valence electrons. The van der Waals surface area contributed by atoms with Crippen LogP contribution in [0.5, 0.6) is 0 Å². The number of likely N-dealkylation sites (tertiary alicyclic amines) is 1. The van der Waals surface area contributed by atoms with Gasteiger partial charge >= 0.3 is 6.03 Å². The summed E-state index contributed by atoms with van der Waals surface area (Å²) in [4.78, 5) is 23.9. The molecule has 3 heterocycles. The molecule has 2 aliphatic heterocycles. The molecule has 2 saturated heterocycles. The number of halogens is 3. The van der Waals surface area contributed by atoms with Crippen LogP contribution in [0.4, 0.5) is 18.0 Å². The molecule has 0 radical (unpaired) electrons. The molecule has 1 N–H and O–H groups in total. The fourth-order valence-corrected chi connectivity index (χ4v) is 6.37. The molecule has 2 amide bonds. The van der Waals surface area contributed by atoms with Crippen LogP contribution >= 0.6 is 0 Å². The molecule has 0 unspecified atom stereocenters. The molecule has 37 heavy (non-hydrogen) atoms. The van der Waals surface area contributed by atoms with Crippen molar-refractivity contribution in [2.24, 2.45) is 0 Å². The molecule has 1 aromatic rings. The van der Waals surface area contributed by atoms with Gasteiger partial charge in [-0.25, -0.2) is 18.0 Å². The Kier molecular flexibility index (Phi) is 7.23. The Bertz CT molecular complexity index is 966. The Balaban J connectivity index is 1.22. The van der Waals surface area contributed by atoms with Gasteiger partial charge < -0.3 is 14.7 Å². The molecule has 8 nitrogen and oxygen atoms in total. The Morgan fingerprint density at radius 2 is 1.86 bits per heavy atom. The van der Waals surface area contributed by atoms with Gasteiger partial charge in [-0.05, 0) is 52.9 Å². The highest BCUT2D eigenvalue weighted by Crippen LogP contribution is 2.44. The summed E-state index contributed by atoms with van der Waals surface area (Å²) in [6, 6.07) is -1.45. The Hall–Kier alpha value is -1.88. The van der Waals surface area contributed by atoms with Gasteiger partial charge in [0.1, 0.15) is 12.2 Å². The monoisotopic (exact) mass is 526 g/mol. The van der Waals surface area contributed by atoms with E-state index in [0.29, 0.717) is 63.0 Å². The van der Waals surface area contributed by atoms with Crippen molar-refractivity contribution in [1.29, 1.82) is 0 Å². The topological polar surface area (TPSA) is 77.7 Å². The van der Waals surface area contributed by atoms with Gasteiger partial charge in [0.05, 0.1) is 5.92 Å². The minimum atomic E-state index is -2.95. The van der Waals surface area contributed by atoms with Crippen molar-refractivity contribution in [3.63, 3.8) is 0 Å². The number of urea groups is 1. The first-order chi connectivity index (χ1) is 17.5. The highest BCUT2D eigenvalue weighted by atomic mass is 19.3. The van der Waals surface area contributed by atoms with Gasteiger partial charge in [0.15, 0.2) is 5.82 Å². The summed E-state index contributed by atoms with van der Waals surface area (Å²) in [6.45, 7) is 11.7. The van der Waals surface area contributed by atoms with E-state index in [1.54, 1.807) is 4.90 Å². The summed E-state index contributed by atoms with van der Waals surface area (Å²) >= 11 is 0. The van der Waals surface area contributed by atoms with Gasteiger partial charge in [-0.3, -0.25) is 9.80 Å². The van der Waals surface area contributed by atoms with Gasteiger partial charge in [-0.1, -0.05) is 12.1 Å². The second kappa shape index (κ2) is 10.0. The minimum Gasteiger partial charge on any atom is -0.339 e. The third kappa shape index (κ3) is 5.35. The lowest BCUT2D eigenvalue weighted by molar-refractivity contribution is -0.105. The first-order valence-corrected chi connectivity index (χ1v) is 13.9. The SMILES string of the molecule is CC(C)N1CCN([C@H]2CCCC(F)(F)[C@@H]2NC(=O)N2CCC(C)(c3noc([C@@H]4C[C@@H]4F)n3)CC2)[C@@H](C)C1. The molecule has 4 fully saturated rings. The number of aromatic nitrogens is 2. The Morgan fingerprint density at radius 1 is 1.16 bits per heavy atom. The van der Waals surface area contributed by atoms with Crippen LogP contribution in [-0.2, 0) is 5.41 Å². The number of amides is 2. The first-order valence-electron chi connectivity index (χ1n) is 13.9. The van der Waals surface area contributed by atoms with Crippen LogP contribution in [0.25, 0.3) is 0 Å². The van der Waals surface area contributed by atoms with Crippen molar-refractivity contribution >= 4 is 6.03 Å². The molecule has 4 aliphatic rings. The molecular formula is C26H41F3N6O2. The lowest BCUT2D eigenvalue weighted by atomic mass is 9.79. The van der Waals surface area contributed by atoms with Gasteiger partial charge in [-0.2, -0.15) is 4.98 Å². The second-order valence-corrected chi connectivity index (χ2v) is 12.2. The Morgan fingerprint density at radius 3 is 2.49 bits per heavy atom. The number of carbonyl (C=O) groups excluding carboxylic acids is 1. The van der Waals surface area contributed by atoms with Gasteiger partial charge in [0.25, 0.3) is 5.92 Å². The third-order valence-electron chi connectivity index (χ3n) is 9.16. The van der Waals surface area contributed by atoms with Crippen LogP contribution in [-0.4, -0.2) is 99.9 Å². The van der Waals surface area contributed by atoms with Gasteiger partial charge in [0.2, 0.25) is 5.89 Å². The van der Waals surface area contributed by atoms with Crippen molar-refractivity contribution in [3.05, 3.63) is 11.7 Å². The fraction of sp³-hybridized carbons (Fsp3) is 0.885. The normalized spacial score (nSPS) is 34.5. The van der Waals surface area contributed by atoms with E-state index in [9.17, 15) is 9.18 Å². The summed E-state index contributed by atoms with van der Waals surface area (Å²) in [5.41, 5.74) is -0.401. The van der Waals surface area contributed by atoms with Crippen LogP contribution in [0.3, 0.4) is 0 Å². The van der Waals surface area contributed by atoms with Crippen molar-refractivity contribution in [2.75, 3.05) is 32.7 Å². The zero-order valence-corrected chi connectivity index (χ0v) is 22.4. The van der Waals surface area contributed by atoms with Crippen LogP contribution in [0.2, 0.25) is 0 Å². The molecule has 5 atom stereocenters. The lowest BCUT2D eigenvalue weighted by Crippen LogP contribution is -2.67. The highest BCUT2D eigenvalue weighted by Gasteiger charge is 2.51. The van der Waals surface area contributed by atoms with E-state index in [4.69, 9.17) is 4.52 Å². The third-order valence-corrected chi connectivity index (χ3v) is 9.16. The highest BCUT2D eigenvalue weighted by molar-refractivity contribution is 5.75. The van der Waals surface area contributed by atoms with Gasteiger partial charge in [0, 0.05) is 62.7 Å². The molecule has 11 heteroatoms. The second-order valence-electron chi connectivity index (χ2n) is 12.2. The van der Waals surface area contributed by atoms with E-state index in [1.807, 2.05) is 6.92 Å². The number of piperazine rings is 1. The van der Waals surface area contributed by atoms with Crippen molar-refractivity contribution in [2.45, 2.75) is 114 Å². The average molecular weight is 527 g/mol. The first kappa shape index (κ1) is 26.7. The maximum Gasteiger partial charge on any atom is 0.317 e. The van der Waals surface area contributed by atoms with Crippen LogP contribution in [0.1, 0.15) is 83.9 Å². The lowest BCUT2D eigenvalue weighted by Gasteiger charge is -2.50. The number of nitrogens with zero attached hydrogens (tertiary/aromatic N) is 5. The fourth-order valence-electron chi connectivity index (χ4n) is 6.37. The van der Waals surface area contributed by atoms with E-state index in [0.717, 1.165) is 19.6 Å². The number of alkyl halides is 3. The minimum absolute atomic E-state index is 0.147. The van der Waals surface area contributed by atoms with E-state index in [1.165, 1.54) is 0 Å². The number of rotatable bonds is 5. The number of piperidine rings is 1. The molecule has 2 saturated carbocycles. The molecular weight excluding hydrogens is 485 g/mol. The summed E-state index contributed by atoms with van der Waals surface area (Å²) in [7, 11) is 0. The van der Waals surface area contributed by atoms with E-state index < -0.39 is 29.6 Å². The summed E-state index contributed by atoms with van der Waals surface area (Å²) < 4.78 is 49.2. The number of hydrogen-bond donors (Lipinski definition) is 1. The summed E-state index contributed by atoms with van der Waals surface area (Å²) in [6.07, 6.45) is 1.60. The zero-order chi connectivity index (χ0) is 26.5. The summed E-state index contributed by atoms with van der Waals surface area (Å²) in [5.74, 6) is -2.36. The quantitative estimate of drug-likeness (QED) is 0.627. The molecule has 0 spiro atoms. The largest absolute Gasteiger partial charge is 0.339 e. The summed E-state index contributed by atoms with van der Waals surface area (Å²) in [5, 5.41) is 6.87. The Labute approximate surface area is 217 Å². The molecule has 0 aromatic carbocycles. The number of nitrogens with one attached hydrogen (secondary N) is 1. The van der Waals surface area contributed by atoms with E-state index in [2.05, 4.69) is 46.0 Å². The van der Waals surface area contributed by atoms with Crippen molar-refractivity contribution in [1.82, 2.24) is 30.2 Å². The smallest absolute Gasteiger partial charge is 0.317 e. The zero-order valence-electron chi connectivity index (χ0n) is 22.4. The van der Waals surface area contributed by atoms with Crippen molar-refractivity contribution in [3.8, 4) is 0 Å². The standard InChI is InChI=1S/C26H41F3N6O2/c1-16(2)34-12-13-35(17(3)15-34)20-6-5-7-26(28,29)21(20)30-24(36)33-10-8-25(4,9-11-33)23-31-22(37-32-23)18-14-19(18)27/h16-21H,5-15H2,1-4H3,(H,30,36)/t17-,18+,19-,20-,21+/m0/s1. The maximum atomic E-state index is 15.3. The van der Waals surface area contributed by atoms with E-state index >= 15 is 8.78 Å². The van der Waals surface area contributed by atoms with Crippen LogP contribution in [0, 0.1) is 0 Å². The number of carbonyl (C=O) groups is 1. The van der Waals surface area contributed by atoms with Crippen LogP contribution in [0.15, 0.2) is 4.52 Å². The van der Waals surface area contributed by atoms with Gasteiger partial charge in [-0.15, -0.1) is 0 Å². The predicted molar refractivity (Wildman–Crippen MR) is 132 cm³/mol.